The Morgan fingerprint density at radius 2 is 1.71 bits per heavy atom. The summed E-state index contributed by atoms with van der Waals surface area (Å²) in [6.45, 7) is 2.13. The van der Waals surface area contributed by atoms with Crippen molar-refractivity contribution in [1.82, 2.24) is 0 Å². The van der Waals surface area contributed by atoms with Crippen LogP contribution in [0.2, 0.25) is 0 Å². The predicted octanol–water partition coefficient (Wildman–Crippen LogP) is 5.79. The van der Waals surface area contributed by atoms with Gasteiger partial charge in [-0.1, -0.05) is 36.4 Å². The molecule has 0 radical (unpaired) electrons. The van der Waals surface area contributed by atoms with E-state index in [9.17, 15) is 0 Å². The lowest BCUT2D eigenvalue weighted by Crippen LogP contribution is -2.08. The van der Waals surface area contributed by atoms with Crippen molar-refractivity contribution in [2.45, 2.75) is 39.2 Å². The minimum Gasteiger partial charge on any atom is -0.454 e. The minimum atomic E-state index is -2.81. The fraction of sp³-hybridized carbons (Fsp3) is 0.429. The van der Waals surface area contributed by atoms with Crippen molar-refractivity contribution in [2.24, 2.45) is 0 Å². The molecule has 1 unspecified atom stereocenters. The van der Waals surface area contributed by atoms with Crippen LogP contribution in [0.15, 0.2) is 48.5 Å². The molecule has 3 rings (SSSR count). The van der Waals surface area contributed by atoms with Crippen LogP contribution < -0.4 is 9.47 Å². The molecule has 1 heterocycles. The highest BCUT2D eigenvalue weighted by atomic mass is 32.5. The van der Waals surface area contributed by atoms with Crippen LogP contribution in [0.1, 0.15) is 43.9 Å². The van der Waals surface area contributed by atoms with E-state index in [0.29, 0.717) is 13.2 Å². The second kappa shape index (κ2) is 10.4. The molecule has 1 aliphatic heterocycles. The summed E-state index contributed by atoms with van der Waals surface area (Å²) >= 11 is 5.61. The fourth-order valence-corrected chi connectivity index (χ4v) is 5.41. The highest BCUT2D eigenvalue weighted by Crippen LogP contribution is 2.54. The summed E-state index contributed by atoms with van der Waals surface area (Å²) in [4.78, 5) is 0. The molecule has 2 aromatic rings. The van der Waals surface area contributed by atoms with Gasteiger partial charge in [0.05, 0.1) is 19.3 Å². The first kappa shape index (κ1) is 21.3. The van der Waals surface area contributed by atoms with E-state index >= 15 is 0 Å². The molecular formula is C21H27O5PS. The number of benzene rings is 2. The molecule has 0 N–H and O–H groups in total. The van der Waals surface area contributed by atoms with Crippen LogP contribution in [0.4, 0.5) is 0 Å². The third kappa shape index (κ3) is 5.79. The van der Waals surface area contributed by atoms with Crippen molar-refractivity contribution in [3.63, 3.8) is 0 Å². The Morgan fingerprint density at radius 3 is 2.43 bits per heavy atom. The molecular weight excluding hydrogens is 395 g/mol. The Bertz CT molecular complexity index is 789. The summed E-state index contributed by atoms with van der Waals surface area (Å²) in [5.74, 6) is 1.48. The average molecular weight is 422 g/mol. The van der Waals surface area contributed by atoms with E-state index in [4.69, 9.17) is 34.9 Å². The van der Waals surface area contributed by atoms with E-state index in [1.165, 1.54) is 5.56 Å². The molecule has 7 heteroatoms. The number of aryl methyl sites for hydroxylation is 1. The molecule has 1 atom stereocenters. The SMILES string of the molecule is CCOP(=S)(OCC)OC(CCCc1ccccc1)c1ccc2c(c1)OCO2. The standard InChI is InChI=1S/C21H27O5PS/c1-3-24-27(28,25-4-2)26-19(12-8-11-17-9-6-5-7-10-17)18-13-14-20-21(15-18)23-16-22-20/h5-7,9-10,13-15,19H,3-4,8,11-12,16H2,1-2H3. The van der Waals surface area contributed by atoms with Gasteiger partial charge in [0.1, 0.15) is 0 Å². The van der Waals surface area contributed by atoms with Gasteiger partial charge in [-0.05, 0) is 68.2 Å². The zero-order valence-corrected chi connectivity index (χ0v) is 18.0. The second-order valence-corrected chi connectivity index (χ2v) is 9.33. The van der Waals surface area contributed by atoms with E-state index in [1.54, 1.807) is 0 Å². The van der Waals surface area contributed by atoms with Gasteiger partial charge in [-0.2, -0.15) is 0 Å². The molecule has 0 aromatic heterocycles. The van der Waals surface area contributed by atoms with E-state index in [1.807, 2.05) is 38.1 Å². The van der Waals surface area contributed by atoms with Gasteiger partial charge in [0.25, 0.3) is 0 Å². The zero-order chi connectivity index (χ0) is 19.8. The van der Waals surface area contributed by atoms with Gasteiger partial charge in [0, 0.05) is 0 Å². The molecule has 2 aromatic carbocycles. The van der Waals surface area contributed by atoms with Gasteiger partial charge in [0.15, 0.2) is 11.5 Å². The first-order valence-corrected chi connectivity index (χ1v) is 12.2. The van der Waals surface area contributed by atoms with Gasteiger partial charge >= 0.3 is 6.72 Å². The number of ether oxygens (including phenoxy) is 2. The largest absolute Gasteiger partial charge is 0.454 e. The van der Waals surface area contributed by atoms with Crippen molar-refractivity contribution in [3.8, 4) is 11.5 Å². The highest BCUT2D eigenvalue weighted by molar-refractivity contribution is 8.07. The first-order valence-electron chi connectivity index (χ1n) is 9.64. The quantitative estimate of drug-likeness (QED) is 0.427. The highest BCUT2D eigenvalue weighted by Gasteiger charge is 2.27. The Morgan fingerprint density at radius 1 is 1.00 bits per heavy atom. The molecule has 152 valence electrons. The van der Waals surface area contributed by atoms with Gasteiger partial charge in [-0.3, -0.25) is 0 Å². The van der Waals surface area contributed by atoms with E-state index < -0.39 is 6.72 Å². The van der Waals surface area contributed by atoms with Crippen LogP contribution in [0.25, 0.3) is 0 Å². The van der Waals surface area contributed by atoms with Crippen molar-refractivity contribution >= 4 is 18.5 Å². The summed E-state index contributed by atoms with van der Waals surface area (Å²) in [7, 11) is 0. The van der Waals surface area contributed by atoms with Crippen LogP contribution in [0, 0.1) is 0 Å². The van der Waals surface area contributed by atoms with Gasteiger partial charge in [-0.15, -0.1) is 0 Å². The first-order chi connectivity index (χ1) is 13.6. The Kier molecular flexibility index (Phi) is 7.89. The predicted molar refractivity (Wildman–Crippen MR) is 113 cm³/mol. The number of fused-ring (bicyclic) bond motifs is 1. The molecule has 0 fully saturated rings. The minimum absolute atomic E-state index is 0.234. The average Bonchev–Trinajstić information content (AvgIpc) is 3.16. The number of rotatable bonds is 11. The van der Waals surface area contributed by atoms with Crippen LogP contribution >= 0.6 is 6.72 Å². The number of hydrogen-bond acceptors (Lipinski definition) is 6. The molecule has 0 saturated carbocycles. The van der Waals surface area contributed by atoms with Crippen molar-refractivity contribution in [3.05, 3.63) is 59.7 Å². The van der Waals surface area contributed by atoms with Gasteiger partial charge in [-0.25, -0.2) is 0 Å². The van der Waals surface area contributed by atoms with E-state index in [0.717, 1.165) is 36.3 Å². The fourth-order valence-electron chi connectivity index (χ4n) is 3.10. The molecule has 28 heavy (non-hydrogen) atoms. The molecule has 0 bridgehead atoms. The van der Waals surface area contributed by atoms with Crippen LogP contribution in [0.5, 0.6) is 11.5 Å². The molecule has 0 saturated heterocycles. The lowest BCUT2D eigenvalue weighted by atomic mass is 10.0. The summed E-state index contributed by atoms with van der Waals surface area (Å²) < 4.78 is 28.7. The second-order valence-electron chi connectivity index (χ2n) is 6.37. The van der Waals surface area contributed by atoms with Crippen LogP contribution in [-0.4, -0.2) is 20.0 Å². The summed E-state index contributed by atoms with van der Waals surface area (Å²) in [5, 5.41) is 0. The Hall–Kier alpha value is -1.43. The Balaban J connectivity index is 1.75. The lowest BCUT2D eigenvalue weighted by molar-refractivity contribution is 0.114. The summed E-state index contributed by atoms with van der Waals surface area (Å²) in [5.41, 5.74) is 2.30. The van der Waals surface area contributed by atoms with Crippen molar-refractivity contribution < 1.29 is 23.0 Å². The van der Waals surface area contributed by atoms with Crippen molar-refractivity contribution in [1.29, 1.82) is 0 Å². The maximum absolute atomic E-state index is 6.29. The topological polar surface area (TPSA) is 46.2 Å². The van der Waals surface area contributed by atoms with Crippen LogP contribution in [-0.2, 0) is 31.8 Å². The zero-order valence-electron chi connectivity index (χ0n) is 16.3. The van der Waals surface area contributed by atoms with E-state index in [-0.39, 0.29) is 12.9 Å². The smallest absolute Gasteiger partial charge is 0.327 e. The third-order valence-electron chi connectivity index (χ3n) is 4.37. The van der Waals surface area contributed by atoms with Crippen molar-refractivity contribution in [2.75, 3.05) is 20.0 Å². The summed E-state index contributed by atoms with van der Waals surface area (Å²) in [6.07, 6.45) is 2.49. The molecule has 1 aliphatic rings. The third-order valence-corrected chi connectivity index (χ3v) is 6.93. The number of hydrogen-bond donors (Lipinski definition) is 0. The maximum atomic E-state index is 6.29. The van der Waals surface area contributed by atoms with Crippen LogP contribution in [0.3, 0.4) is 0 Å². The van der Waals surface area contributed by atoms with Gasteiger partial charge in [0.2, 0.25) is 6.79 Å². The normalized spacial score (nSPS) is 14.2. The van der Waals surface area contributed by atoms with Gasteiger partial charge < -0.3 is 23.0 Å². The molecule has 0 amide bonds. The monoisotopic (exact) mass is 422 g/mol. The summed E-state index contributed by atoms with van der Waals surface area (Å²) in [6, 6.07) is 16.3. The molecule has 5 nitrogen and oxygen atoms in total. The molecule has 0 aliphatic carbocycles. The van der Waals surface area contributed by atoms with E-state index in [2.05, 4.69) is 24.3 Å². The Labute approximate surface area is 172 Å². The maximum Gasteiger partial charge on any atom is 0.327 e. The molecule has 0 spiro atoms. The lowest BCUT2D eigenvalue weighted by Gasteiger charge is -2.27.